The number of hydrogen-bond acceptors (Lipinski definition) is 13. The highest BCUT2D eigenvalue weighted by molar-refractivity contribution is 7.66. The summed E-state index contributed by atoms with van der Waals surface area (Å²) in [5.74, 6) is 4.57. The Morgan fingerprint density at radius 3 is 2.51 bits per heavy atom. The Hall–Kier alpha value is -2.04. The van der Waals surface area contributed by atoms with Crippen molar-refractivity contribution in [3.05, 3.63) is 32.6 Å². The summed E-state index contributed by atoms with van der Waals surface area (Å²) in [6.45, 7) is -0.645. The van der Waals surface area contributed by atoms with Crippen LogP contribution in [0.1, 0.15) is 37.5 Å². The fourth-order valence-corrected chi connectivity index (χ4v) is 6.37. The summed E-state index contributed by atoms with van der Waals surface area (Å²) in [6, 6.07) is -0.760. The molecule has 23 heteroatoms. The van der Waals surface area contributed by atoms with Gasteiger partial charge in [0.1, 0.15) is 17.9 Å². The maximum absolute atomic E-state index is 12.3. The smallest absolute Gasteiger partial charge is 0.390 e. The van der Waals surface area contributed by atoms with E-state index in [2.05, 4.69) is 30.3 Å². The molecule has 4 unspecified atom stereocenters. The highest BCUT2D eigenvalue weighted by atomic mass is 31.3. The lowest BCUT2D eigenvalue weighted by Gasteiger charge is -2.19. The number of H-pyrrole nitrogens is 1. The first-order chi connectivity index (χ1) is 18.9. The zero-order valence-electron chi connectivity index (χ0n) is 21.1. The van der Waals surface area contributed by atoms with Crippen LogP contribution in [0.25, 0.3) is 0 Å². The summed E-state index contributed by atoms with van der Waals surface area (Å²) < 4.78 is 51.9. The number of nitrogens with two attached hydrogens (primary N) is 2. The molecule has 1 aliphatic heterocycles. The summed E-state index contributed by atoms with van der Waals surface area (Å²) in [6.07, 6.45) is -1.53. The average Bonchev–Trinajstić information content (AvgIpc) is 3.19. The molecule has 6 atom stereocenters. The fourth-order valence-electron chi connectivity index (χ4n) is 3.34. The Balaban J connectivity index is 2.02. The van der Waals surface area contributed by atoms with E-state index in [1.165, 1.54) is 0 Å². The third kappa shape index (κ3) is 12.0. The molecule has 0 saturated carbocycles. The Bertz CT molecular complexity index is 1400. The molecule has 1 aromatic heterocycles. The van der Waals surface area contributed by atoms with Gasteiger partial charge in [-0.2, -0.15) is 8.62 Å². The highest BCUT2D eigenvalue weighted by Gasteiger charge is 2.43. The van der Waals surface area contributed by atoms with Gasteiger partial charge >= 0.3 is 29.2 Å². The normalized spacial score (nSPS) is 22.7. The molecular formula is C18H30N5O15P3. The molecule has 1 saturated heterocycles. The van der Waals surface area contributed by atoms with Crippen molar-refractivity contribution in [1.29, 1.82) is 0 Å². The lowest BCUT2D eigenvalue weighted by atomic mass is 10.1. The molecular weight excluding hydrogens is 619 g/mol. The van der Waals surface area contributed by atoms with Gasteiger partial charge in [-0.1, -0.05) is 18.3 Å². The predicted molar refractivity (Wildman–Crippen MR) is 136 cm³/mol. The Labute approximate surface area is 231 Å². The minimum Gasteiger partial charge on any atom is -0.390 e. The van der Waals surface area contributed by atoms with Crippen molar-refractivity contribution < 1.29 is 61.1 Å². The molecule has 1 aromatic rings. The largest absolute Gasteiger partial charge is 0.490 e. The third-order valence-electron chi connectivity index (χ3n) is 5.18. The zero-order chi connectivity index (χ0) is 31.0. The molecule has 2 rings (SSSR count). The second kappa shape index (κ2) is 14.9. The minimum absolute atomic E-state index is 0.163. The minimum atomic E-state index is -5.75. The monoisotopic (exact) mass is 649 g/mol. The summed E-state index contributed by atoms with van der Waals surface area (Å²) in [5.41, 5.74) is 9.14. The van der Waals surface area contributed by atoms with Gasteiger partial charge in [0.15, 0.2) is 0 Å². The van der Waals surface area contributed by atoms with Gasteiger partial charge in [0.2, 0.25) is 5.91 Å². The van der Waals surface area contributed by atoms with Gasteiger partial charge in [0.25, 0.3) is 5.56 Å². The molecule has 11 N–H and O–H groups in total. The second-order valence-corrected chi connectivity index (χ2v) is 12.9. The van der Waals surface area contributed by atoms with Gasteiger partial charge in [-0.15, -0.1) is 0 Å². The van der Waals surface area contributed by atoms with Crippen molar-refractivity contribution in [3.8, 4) is 11.8 Å². The van der Waals surface area contributed by atoms with Crippen molar-refractivity contribution in [3.63, 3.8) is 0 Å². The Morgan fingerprint density at radius 2 is 1.88 bits per heavy atom. The third-order valence-corrected chi connectivity index (χ3v) is 8.98. The van der Waals surface area contributed by atoms with Crippen LogP contribution in [0.5, 0.6) is 0 Å². The quantitative estimate of drug-likeness (QED) is 0.0569. The van der Waals surface area contributed by atoms with Gasteiger partial charge in [0.05, 0.1) is 25.3 Å². The number of phosphoric acid groups is 3. The van der Waals surface area contributed by atoms with E-state index in [1.807, 2.05) is 4.98 Å². The van der Waals surface area contributed by atoms with Crippen molar-refractivity contribution in [2.24, 2.45) is 11.5 Å². The highest BCUT2D eigenvalue weighted by Crippen LogP contribution is 2.66. The van der Waals surface area contributed by atoms with E-state index in [9.17, 15) is 43.0 Å². The van der Waals surface area contributed by atoms with Crippen LogP contribution in [0.4, 0.5) is 0 Å². The van der Waals surface area contributed by atoms with E-state index in [0.717, 1.165) is 17.2 Å². The molecule has 0 bridgehead atoms. The van der Waals surface area contributed by atoms with Gasteiger partial charge in [0, 0.05) is 12.6 Å². The number of nitrogens with zero attached hydrogens (tertiary/aromatic N) is 1. The van der Waals surface area contributed by atoms with E-state index in [0.29, 0.717) is 19.4 Å². The van der Waals surface area contributed by atoms with E-state index in [1.54, 1.807) is 0 Å². The van der Waals surface area contributed by atoms with Crippen LogP contribution in [0.15, 0.2) is 15.8 Å². The molecule has 1 aliphatic rings. The standard InChI is InChI=1S/C18H30N5O15P3/c19-6-2-1-5-12(20)17(26)21-7-3-4-11-9-23(18(27)22-16(11)25)15-8-13(24)14(36-15)10-35-40(31,32)38-41(33,34)37-39(28,29)30/h9,12-15,24H,1-2,5-8,10,19-20H2,(H,21,26)(H,31,32)(H,33,34)(H,22,25,27)(H2,28,29,30)/t12?,13?,14-,15-/m1/s1. The van der Waals surface area contributed by atoms with Gasteiger partial charge in [-0.05, 0) is 19.4 Å². The molecule has 232 valence electrons. The molecule has 41 heavy (non-hydrogen) atoms. The lowest BCUT2D eigenvalue weighted by Crippen LogP contribution is -2.40. The topological polar surface area (TPSA) is 325 Å². The number of phosphoric ester groups is 1. The predicted octanol–water partition coefficient (Wildman–Crippen LogP) is -2.55. The number of unbranched alkanes of at least 4 members (excludes halogenated alkanes) is 1. The van der Waals surface area contributed by atoms with Crippen LogP contribution >= 0.6 is 23.5 Å². The van der Waals surface area contributed by atoms with Crippen molar-refractivity contribution in [2.75, 3.05) is 19.7 Å². The number of ether oxygens (including phenoxy) is 1. The molecule has 20 nitrogen and oxygen atoms in total. The second-order valence-electron chi connectivity index (χ2n) is 8.44. The van der Waals surface area contributed by atoms with E-state index in [4.69, 9.17) is 26.0 Å². The number of hydrogen-bond donors (Lipinski definition) is 9. The molecule has 1 amide bonds. The number of aliphatic hydroxyl groups excluding tert-OH is 1. The van der Waals surface area contributed by atoms with Gasteiger partial charge in [-0.25, -0.2) is 18.5 Å². The van der Waals surface area contributed by atoms with E-state index in [-0.39, 0.29) is 18.5 Å². The van der Waals surface area contributed by atoms with Crippen LogP contribution in [0, 0.1) is 11.8 Å². The van der Waals surface area contributed by atoms with Crippen molar-refractivity contribution in [1.82, 2.24) is 14.9 Å². The summed E-state index contributed by atoms with van der Waals surface area (Å²) in [5, 5.41) is 12.7. The van der Waals surface area contributed by atoms with Crippen molar-refractivity contribution >= 4 is 29.4 Å². The molecule has 0 aliphatic carbocycles. The Kier molecular flexibility index (Phi) is 12.8. The summed E-state index contributed by atoms with van der Waals surface area (Å²) >= 11 is 0. The number of nitrogens with one attached hydrogen (secondary N) is 2. The molecule has 0 aromatic carbocycles. The summed E-state index contributed by atoms with van der Waals surface area (Å²) in [7, 11) is -16.8. The van der Waals surface area contributed by atoms with E-state index >= 15 is 0 Å². The lowest BCUT2D eigenvalue weighted by molar-refractivity contribution is -0.122. The maximum atomic E-state index is 12.3. The number of carbonyl (C=O) groups excluding carboxylic acids is 1. The zero-order valence-corrected chi connectivity index (χ0v) is 23.8. The molecule has 2 heterocycles. The summed E-state index contributed by atoms with van der Waals surface area (Å²) in [4.78, 5) is 74.3. The van der Waals surface area contributed by atoms with Crippen molar-refractivity contribution in [2.45, 2.75) is 50.2 Å². The molecule has 0 radical (unpaired) electrons. The van der Waals surface area contributed by atoms with Crippen LogP contribution in [0.2, 0.25) is 0 Å². The number of aromatic nitrogens is 2. The number of carbonyl (C=O) groups is 1. The number of aliphatic hydroxyl groups is 1. The average molecular weight is 649 g/mol. The Morgan fingerprint density at radius 1 is 1.20 bits per heavy atom. The van der Waals surface area contributed by atoms with Gasteiger partial charge in [-0.3, -0.25) is 23.7 Å². The van der Waals surface area contributed by atoms with Crippen LogP contribution in [-0.2, 0) is 36.4 Å². The SMILES string of the molecule is NCCCCC(N)C(=O)NCC#Cc1cn([C@H]2CC(O)[C@@H](COP(=O)(O)OP(=O)(O)OP(=O)(O)O)O2)c(=O)[nH]c1=O. The maximum Gasteiger partial charge on any atom is 0.490 e. The van der Waals surface area contributed by atoms with Gasteiger partial charge < -0.3 is 46.2 Å². The van der Waals surface area contributed by atoms with Crippen LogP contribution < -0.4 is 28.0 Å². The first-order valence-corrected chi connectivity index (χ1v) is 16.1. The van der Waals surface area contributed by atoms with E-state index < -0.39 is 71.7 Å². The first kappa shape index (κ1) is 35.2. The fraction of sp³-hybridized carbons (Fsp3) is 0.611. The molecule has 0 spiro atoms. The first-order valence-electron chi connectivity index (χ1n) is 11.6. The number of rotatable bonds is 14. The number of aromatic amines is 1. The van der Waals surface area contributed by atoms with Crippen LogP contribution in [-0.4, -0.2) is 78.1 Å². The molecule has 1 fully saturated rings. The number of amides is 1. The van der Waals surface area contributed by atoms with Crippen LogP contribution in [0.3, 0.4) is 0 Å².